The zero-order valence-corrected chi connectivity index (χ0v) is 17.6. The summed E-state index contributed by atoms with van der Waals surface area (Å²) in [5.74, 6) is 1.74. The Labute approximate surface area is 167 Å². The summed E-state index contributed by atoms with van der Waals surface area (Å²) in [6.45, 7) is -0.923. The van der Waals surface area contributed by atoms with Crippen molar-refractivity contribution >= 4 is 23.9 Å². The molecule has 0 amide bonds. The van der Waals surface area contributed by atoms with Crippen LogP contribution in [0.3, 0.4) is 0 Å². The molecule has 1 heterocycles. The van der Waals surface area contributed by atoms with Crippen LogP contribution in [-0.2, 0) is 37.3 Å². The van der Waals surface area contributed by atoms with Crippen molar-refractivity contribution in [3.63, 3.8) is 0 Å². The first-order valence-electron chi connectivity index (χ1n) is 7.34. The van der Waals surface area contributed by atoms with Gasteiger partial charge in [0.2, 0.25) is 5.72 Å². The number of aromatic amines is 1. The third-order valence-electron chi connectivity index (χ3n) is 3.24. The zero-order chi connectivity index (χ0) is 23.3. The highest BCUT2D eigenvalue weighted by Crippen LogP contribution is 2.61. The van der Waals surface area contributed by atoms with Gasteiger partial charge >= 0.3 is 29.6 Å². The number of aliphatic hydroxyl groups excluding tert-OH is 1. The maximum atomic E-state index is 11.9. The van der Waals surface area contributed by atoms with Gasteiger partial charge in [-0.25, -0.2) is 18.2 Å². The van der Waals surface area contributed by atoms with Crippen molar-refractivity contribution in [2.24, 2.45) is 0 Å². The van der Waals surface area contributed by atoms with E-state index in [0.717, 1.165) is 19.4 Å². The minimum absolute atomic E-state index is 0.389. The molecule has 6 N–H and O–H groups in total. The summed E-state index contributed by atoms with van der Waals surface area (Å²) < 4.78 is 50.5. The molecule has 0 aliphatic heterocycles. The molecule has 0 aliphatic carbocycles. The van der Waals surface area contributed by atoms with E-state index in [1.165, 1.54) is 0 Å². The zero-order valence-electron chi connectivity index (χ0n) is 14.8. The van der Waals surface area contributed by atoms with Crippen LogP contribution in [0.1, 0.15) is 0 Å². The predicted octanol–water partition coefficient (Wildman–Crippen LogP) is -2.18. The lowest BCUT2D eigenvalue weighted by Gasteiger charge is -2.33. The molecule has 0 fully saturated rings. The van der Waals surface area contributed by atoms with E-state index in [0.29, 0.717) is 4.57 Å². The molecule has 0 saturated heterocycles. The lowest BCUT2D eigenvalue weighted by molar-refractivity contribution is -0.154. The summed E-state index contributed by atoms with van der Waals surface area (Å²) in [5.41, 5.74) is -4.80. The van der Waals surface area contributed by atoms with Crippen molar-refractivity contribution in [3.8, 4) is 12.3 Å². The summed E-state index contributed by atoms with van der Waals surface area (Å²) >= 11 is 0. The van der Waals surface area contributed by atoms with Crippen LogP contribution < -0.4 is 11.2 Å². The number of aliphatic hydroxyl groups is 2. The molecule has 30 heavy (non-hydrogen) atoms. The van der Waals surface area contributed by atoms with Crippen LogP contribution in [0.2, 0.25) is 0 Å². The van der Waals surface area contributed by atoms with Gasteiger partial charge in [0, 0.05) is 19.4 Å². The van der Waals surface area contributed by atoms with E-state index in [1.807, 2.05) is 0 Å². The molecule has 0 aliphatic rings. The van der Waals surface area contributed by atoms with E-state index in [1.54, 1.807) is 10.9 Å². The fourth-order valence-corrected chi connectivity index (χ4v) is 4.73. The molecule has 5 atom stereocenters. The molecule has 0 aromatic carbocycles. The third kappa shape index (κ3) is 7.36. The maximum absolute atomic E-state index is 11.9. The number of aromatic nitrogens is 2. The highest BCUT2D eigenvalue weighted by molar-refractivity contribution is 7.64. The van der Waals surface area contributed by atoms with Gasteiger partial charge in [-0.05, 0) is 5.92 Å². The summed E-state index contributed by atoms with van der Waals surface area (Å²) in [5, 5.41) is 20.9. The number of methoxy groups -OCH3 is 1. The van der Waals surface area contributed by atoms with E-state index < -0.39 is 59.7 Å². The highest BCUT2D eigenvalue weighted by Gasteiger charge is 2.43. The SMILES string of the molecule is C#C[C@@](O)([C@H](O)[C@@H](CO[PH](=O)OP(=O)(O)OP(=O)(O)O)OC)n1ccc(=O)[nH]c1=O. The molecule has 1 rings (SSSR count). The maximum Gasteiger partial charge on any atom is 0.488 e. The molecule has 0 bridgehead atoms. The van der Waals surface area contributed by atoms with Crippen molar-refractivity contribution in [3.05, 3.63) is 33.1 Å². The van der Waals surface area contributed by atoms with Gasteiger partial charge in [-0.3, -0.25) is 18.9 Å². The van der Waals surface area contributed by atoms with Gasteiger partial charge in [0.05, 0.1) is 6.61 Å². The second kappa shape index (κ2) is 10.3. The second-order valence-corrected chi connectivity index (χ2v) is 9.35. The molecule has 16 nitrogen and oxygen atoms in total. The topological polar surface area (TPSA) is 244 Å². The Morgan fingerprint density at radius 1 is 1.37 bits per heavy atom. The highest BCUT2D eigenvalue weighted by atomic mass is 31.3. The van der Waals surface area contributed by atoms with Crippen molar-refractivity contribution in [2.45, 2.75) is 17.9 Å². The van der Waals surface area contributed by atoms with Crippen LogP contribution in [0.4, 0.5) is 0 Å². The summed E-state index contributed by atoms with van der Waals surface area (Å²) in [6, 6.07) is 0.821. The normalized spacial score (nSPS) is 19.1. The average molecular weight is 494 g/mol. The molecule has 0 spiro atoms. The summed E-state index contributed by atoms with van der Waals surface area (Å²) in [6.07, 6.45) is 2.18. The van der Waals surface area contributed by atoms with E-state index in [2.05, 4.69) is 13.1 Å². The minimum atomic E-state index is -5.48. The van der Waals surface area contributed by atoms with Gasteiger partial charge < -0.3 is 34.2 Å². The Balaban J connectivity index is 2.95. The van der Waals surface area contributed by atoms with Crippen LogP contribution >= 0.6 is 23.9 Å². The molecule has 0 radical (unpaired) electrons. The van der Waals surface area contributed by atoms with Crippen LogP contribution in [0.25, 0.3) is 0 Å². The average Bonchev–Trinajstić information content (AvgIpc) is 2.58. The van der Waals surface area contributed by atoms with Crippen LogP contribution in [-0.4, -0.2) is 60.4 Å². The number of H-pyrrole nitrogens is 1. The molecular weight excluding hydrogens is 477 g/mol. The van der Waals surface area contributed by atoms with Crippen LogP contribution in [0.5, 0.6) is 0 Å². The van der Waals surface area contributed by atoms with Gasteiger partial charge in [0.1, 0.15) is 12.2 Å². The molecular formula is C11H17N2O14P3. The number of ether oxygens (including phenoxy) is 1. The standard InChI is InChI=1S/C11H17N2O14P3/c1-3-11(17,13-5-4-8(14)12-10(13)16)9(15)7(24-2)6-25-28(18)26-30(22,23)27-29(19,20)21/h1,4-5,7,9,15,17,28H,6H2,2H3,(H,22,23)(H,12,14,16)(H2,19,20,21)/t7-,9-,11-/m1/s1. The first-order chi connectivity index (χ1) is 13.6. The van der Waals surface area contributed by atoms with Crippen molar-refractivity contribution in [1.82, 2.24) is 9.55 Å². The molecule has 2 unspecified atom stereocenters. The smallest absolute Gasteiger partial charge is 0.384 e. The lowest BCUT2D eigenvalue weighted by atomic mass is 10.0. The Morgan fingerprint density at radius 3 is 2.43 bits per heavy atom. The number of hydrogen-bond acceptors (Lipinski definition) is 11. The van der Waals surface area contributed by atoms with Crippen LogP contribution in [0.15, 0.2) is 21.9 Å². The molecule has 19 heteroatoms. The van der Waals surface area contributed by atoms with Crippen molar-refractivity contribution in [1.29, 1.82) is 0 Å². The Kier molecular flexibility index (Phi) is 9.09. The Bertz CT molecular complexity index is 1020. The third-order valence-corrected chi connectivity index (χ3v) is 6.83. The fraction of sp³-hybridized carbons (Fsp3) is 0.455. The Hall–Kier alpha value is -1.43. The van der Waals surface area contributed by atoms with E-state index >= 15 is 0 Å². The molecule has 1 aromatic heterocycles. The van der Waals surface area contributed by atoms with Gasteiger partial charge in [0.25, 0.3) is 5.56 Å². The monoisotopic (exact) mass is 494 g/mol. The lowest BCUT2D eigenvalue weighted by Crippen LogP contribution is -2.55. The fourth-order valence-electron chi connectivity index (χ4n) is 1.95. The summed E-state index contributed by atoms with van der Waals surface area (Å²) in [4.78, 5) is 50.8. The summed E-state index contributed by atoms with van der Waals surface area (Å²) in [7, 11) is -13.9. The van der Waals surface area contributed by atoms with Crippen molar-refractivity contribution in [2.75, 3.05) is 13.7 Å². The van der Waals surface area contributed by atoms with E-state index in [9.17, 15) is 33.5 Å². The number of nitrogens with zero attached hydrogens (tertiary/aromatic N) is 1. The number of nitrogens with one attached hydrogen (secondary N) is 1. The number of terminal acetylenes is 1. The number of phosphoric acid groups is 2. The molecule has 1 aromatic rings. The van der Waals surface area contributed by atoms with E-state index in [-0.39, 0.29) is 0 Å². The van der Waals surface area contributed by atoms with Gasteiger partial charge in [0.15, 0.2) is 0 Å². The molecule has 0 saturated carbocycles. The quantitative estimate of drug-likeness (QED) is 0.142. The molecule has 170 valence electrons. The minimum Gasteiger partial charge on any atom is -0.384 e. The first-order valence-corrected chi connectivity index (χ1v) is 11.6. The second-order valence-electron chi connectivity index (χ2n) is 5.26. The van der Waals surface area contributed by atoms with Gasteiger partial charge in [-0.1, -0.05) is 0 Å². The number of rotatable bonds is 11. The largest absolute Gasteiger partial charge is 0.488 e. The first kappa shape index (κ1) is 26.6. The van der Waals surface area contributed by atoms with Gasteiger partial charge in [-0.15, -0.1) is 6.42 Å². The Morgan fingerprint density at radius 2 is 1.97 bits per heavy atom. The van der Waals surface area contributed by atoms with Gasteiger partial charge in [-0.2, -0.15) is 4.31 Å². The van der Waals surface area contributed by atoms with Crippen molar-refractivity contribution < 1.29 is 56.5 Å². The van der Waals surface area contributed by atoms with E-state index in [4.69, 9.17) is 25.8 Å². The van der Waals surface area contributed by atoms with Crippen LogP contribution in [0, 0.1) is 12.3 Å². The predicted molar refractivity (Wildman–Crippen MR) is 96.1 cm³/mol. The number of hydrogen-bond donors (Lipinski definition) is 6.